The Labute approximate surface area is 206 Å². The largest absolute Gasteiger partial charge is 0.494 e. The van der Waals surface area contributed by atoms with E-state index in [2.05, 4.69) is 17.1 Å². The Hall–Kier alpha value is -2.94. The molecule has 0 aliphatic carbocycles. The first-order chi connectivity index (χ1) is 17.2. The van der Waals surface area contributed by atoms with Gasteiger partial charge in [0, 0.05) is 36.7 Å². The van der Waals surface area contributed by atoms with Crippen LogP contribution in [0.3, 0.4) is 0 Å². The number of nitrogens with one attached hydrogen (secondary N) is 1. The van der Waals surface area contributed by atoms with Gasteiger partial charge in [-0.25, -0.2) is 9.97 Å². The quantitative estimate of drug-likeness (QED) is 0.495. The Kier molecular flexibility index (Phi) is 7.61. The second kappa shape index (κ2) is 11.2. The van der Waals surface area contributed by atoms with E-state index >= 15 is 0 Å². The molecular formula is C27H34N4O4. The lowest BCUT2D eigenvalue weighted by atomic mass is 10.1. The minimum atomic E-state index is 0.231. The van der Waals surface area contributed by atoms with Crippen molar-refractivity contribution in [2.75, 3.05) is 58.0 Å². The highest BCUT2D eigenvalue weighted by Crippen LogP contribution is 2.30. The zero-order chi connectivity index (χ0) is 24.0. The zero-order valence-electron chi connectivity index (χ0n) is 20.5. The number of fused-ring (bicyclic) bond motifs is 1. The van der Waals surface area contributed by atoms with Crippen molar-refractivity contribution in [2.24, 2.45) is 0 Å². The fourth-order valence-electron chi connectivity index (χ4n) is 4.54. The lowest BCUT2D eigenvalue weighted by molar-refractivity contribution is -0.00514. The molecule has 1 N–H and O–H groups in total. The van der Waals surface area contributed by atoms with E-state index in [4.69, 9.17) is 28.9 Å². The summed E-state index contributed by atoms with van der Waals surface area (Å²) < 4.78 is 22.9. The Morgan fingerprint density at radius 2 is 1.91 bits per heavy atom. The van der Waals surface area contributed by atoms with Crippen LogP contribution in [0.15, 0.2) is 42.5 Å². The van der Waals surface area contributed by atoms with Gasteiger partial charge in [0.1, 0.15) is 23.9 Å². The third-order valence-electron chi connectivity index (χ3n) is 6.49. The highest BCUT2D eigenvalue weighted by molar-refractivity contribution is 5.92. The van der Waals surface area contributed by atoms with Gasteiger partial charge in [-0.3, -0.25) is 4.90 Å². The van der Waals surface area contributed by atoms with Gasteiger partial charge in [0.05, 0.1) is 38.0 Å². The van der Waals surface area contributed by atoms with Crippen LogP contribution in [0.5, 0.6) is 11.5 Å². The SMILES string of the molecule is CCOc1ccc2nc(-c3cccc(OCCN4CCOCC4C)c3)nc(NC3CCOC3)c2c1. The monoisotopic (exact) mass is 478 g/mol. The number of nitrogens with zero attached hydrogens (tertiary/aromatic N) is 3. The molecule has 2 fully saturated rings. The zero-order valence-corrected chi connectivity index (χ0v) is 20.5. The molecule has 1 aromatic heterocycles. The maximum atomic E-state index is 6.10. The highest BCUT2D eigenvalue weighted by Gasteiger charge is 2.20. The molecule has 2 atom stereocenters. The van der Waals surface area contributed by atoms with Gasteiger partial charge in [-0.05, 0) is 50.6 Å². The van der Waals surface area contributed by atoms with Gasteiger partial charge in [-0.2, -0.15) is 0 Å². The number of rotatable bonds is 9. The number of hydrogen-bond acceptors (Lipinski definition) is 8. The van der Waals surface area contributed by atoms with Gasteiger partial charge in [0.25, 0.3) is 0 Å². The van der Waals surface area contributed by atoms with Crippen LogP contribution in [-0.4, -0.2) is 79.7 Å². The Balaban J connectivity index is 1.37. The van der Waals surface area contributed by atoms with Gasteiger partial charge >= 0.3 is 0 Å². The van der Waals surface area contributed by atoms with Gasteiger partial charge in [-0.1, -0.05) is 12.1 Å². The third-order valence-corrected chi connectivity index (χ3v) is 6.49. The molecule has 3 aromatic rings. The van der Waals surface area contributed by atoms with Gasteiger partial charge in [0.15, 0.2) is 5.82 Å². The molecule has 35 heavy (non-hydrogen) atoms. The van der Waals surface area contributed by atoms with Crippen molar-refractivity contribution in [1.82, 2.24) is 14.9 Å². The van der Waals surface area contributed by atoms with Crippen molar-refractivity contribution < 1.29 is 18.9 Å². The highest BCUT2D eigenvalue weighted by atomic mass is 16.5. The number of anilines is 1. The van der Waals surface area contributed by atoms with E-state index in [1.54, 1.807) is 0 Å². The molecule has 0 radical (unpaired) electrons. The van der Waals surface area contributed by atoms with Gasteiger partial charge in [-0.15, -0.1) is 0 Å². The van der Waals surface area contributed by atoms with E-state index in [1.807, 2.05) is 49.4 Å². The average molecular weight is 479 g/mol. The Bertz CT molecular complexity index is 1140. The van der Waals surface area contributed by atoms with Crippen molar-refractivity contribution in [1.29, 1.82) is 0 Å². The first-order valence-corrected chi connectivity index (χ1v) is 12.5. The van der Waals surface area contributed by atoms with Crippen LogP contribution in [-0.2, 0) is 9.47 Å². The molecule has 186 valence electrons. The molecule has 2 unspecified atom stereocenters. The van der Waals surface area contributed by atoms with E-state index in [-0.39, 0.29) is 6.04 Å². The summed E-state index contributed by atoms with van der Waals surface area (Å²) in [5, 5.41) is 4.52. The molecule has 0 amide bonds. The summed E-state index contributed by atoms with van der Waals surface area (Å²) in [6.07, 6.45) is 0.955. The van der Waals surface area contributed by atoms with Crippen LogP contribution in [0.2, 0.25) is 0 Å². The first kappa shape index (κ1) is 23.8. The maximum Gasteiger partial charge on any atom is 0.162 e. The smallest absolute Gasteiger partial charge is 0.162 e. The van der Waals surface area contributed by atoms with Crippen molar-refractivity contribution in [3.05, 3.63) is 42.5 Å². The summed E-state index contributed by atoms with van der Waals surface area (Å²) >= 11 is 0. The molecule has 0 spiro atoms. The molecule has 2 saturated heterocycles. The second-order valence-corrected chi connectivity index (χ2v) is 9.05. The standard InChI is InChI=1S/C27H34N4O4/c1-3-34-23-7-8-25-24(16-23)27(28-21-9-12-32-18-21)30-26(29-25)20-5-4-6-22(15-20)35-14-11-31-10-13-33-17-19(31)2/h4-8,15-16,19,21H,3,9-14,17-18H2,1-2H3,(H,28,29,30). The Morgan fingerprint density at radius 1 is 1.03 bits per heavy atom. The predicted octanol–water partition coefficient (Wildman–Crippen LogP) is 4.00. The molecule has 8 nitrogen and oxygen atoms in total. The van der Waals surface area contributed by atoms with Crippen LogP contribution >= 0.6 is 0 Å². The van der Waals surface area contributed by atoms with Crippen molar-refractivity contribution in [2.45, 2.75) is 32.4 Å². The van der Waals surface area contributed by atoms with E-state index in [1.165, 1.54) is 0 Å². The number of hydrogen-bond donors (Lipinski definition) is 1. The number of benzene rings is 2. The van der Waals surface area contributed by atoms with E-state index in [0.717, 1.165) is 73.1 Å². The molecule has 0 saturated carbocycles. The topological polar surface area (TPSA) is 78.0 Å². The summed E-state index contributed by atoms with van der Waals surface area (Å²) in [5.41, 5.74) is 1.79. The number of aromatic nitrogens is 2. The van der Waals surface area contributed by atoms with E-state index in [0.29, 0.717) is 31.7 Å². The molecule has 8 heteroatoms. The van der Waals surface area contributed by atoms with Crippen molar-refractivity contribution in [3.63, 3.8) is 0 Å². The fourth-order valence-corrected chi connectivity index (χ4v) is 4.54. The third kappa shape index (κ3) is 5.83. The van der Waals surface area contributed by atoms with Gasteiger partial charge in [0.2, 0.25) is 0 Å². The fraction of sp³-hybridized carbons (Fsp3) is 0.481. The molecule has 2 aromatic carbocycles. The lowest BCUT2D eigenvalue weighted by Crippen LogP contribution is -2.45. The summed E-state index contributed by atoms with van der Waals surface area (Å²) in [5.74, 6) is 3.09. The molecular weight excluding hydrogens is 444 g/mol. The Morgan fingerprint density at radius 3 is 2.74 bits per heavy atom. The normalized spacial score (nSPS) is 20.7. The van der Waals surface area contributed by atoms with Crippen LogP contribution in [0.1, 0.15) is 20.3 Å². The van der Waals surface area contributed by atoms with Crippen molar-refractivity contribution >= 4 is 16.7 Å². The lowest BCUT2D eigenvalue weighted by Gasteiger charge is -2.32. The van der Waals surface area contributed by atoms with Crippen LogP contribution < -0.4 is 14.8 Å². The molecule has 2 aliphatic heterocycles. The predicted molar refractivity (Wildman–Crippen MR) is 136 cm³/mol. The van der Waals surface area contributed by atoms with Crippen LogP contribution in [0, 0.1) is 0 Å². The van der Waals surface area contributed by atoms with Crippen LogP contribution in [0.25, 0.3) is 22.3 Å². The average Bonchev–Trinajstić information content (AvgIpc) is 3.39. The van der Waals surface area contributed by atoms with E-state index in [9.17, 15) is 0 Å². The maximum absolute atomic E-state index is 6.10. The minimum absolute atomic E-state index is 0.231. The summed E-state index contributed by atoms with van der Waals surface area (Å²) in [6, 6.07) is 14.6. The summed E-state index contributed by atoms with van der Waals surface area (Å²) in [7, 11) is 0. The first-order valence-electron chi connectivity index (χ1n) is 12.5. The van der Waals surface area contributed by atoms with E-state index < -0.39 is 0 Å². The molecule has 2 aliphatic rings. The van der Waals surface area contributed by atoms with Gasteiger partial charge < -0.3 is 24.3 Å². The molecule has 5 rings (SSSR count). The molecule has 0 bridgehead atoms. The summed E-state index contributed by atoms with van der Waals surface area (Å²) in [6.45, 7) is 10.2. The number of morpholine rings is 1. The van der Waals surface area contributed by atoms with Crippen molar-refractivity contribution in [3.8, 4) is 22.9 Å². The minimum Gasteiger partial charge on any atom is -0.494 e. The van der Waals surface area contributed by atoms with Crippen LogP contribution in [0.4, 0.5) is 5.82 Å². The summed E-state index contributed by atoms with van der Waals surface area (Å²) in [4.78, 5) is 12.2. The second-order valence-electron chi connectivity index (χ2n) is 9.05. The molecule has 3 heterocycles. The number of ether oxygens (including phenoxy) is 4.